The topological polar surface area (TPSA) is 86.5 Å². The number of nitrogens with two attached hydrogens (primary N) is 1. The molecule has 2 N–H and O–H groups in total. The summed E-state index contributed by atoms with van der Waals surface area (Å²) in [6.07, 6.45) is -0.617. The van der Waals surface area contributed by atoms with E-state index in [9.17, 15) is 35.2 Å². The summed E-state index contributed by atoms with van der Waals surface area (Å²) in [4.78, 5) is 11.9. The second kappa shape index (κ2) is 10.1. The zero-order valence-corrected chi connectivity index (χ0v) is 18.8. The number of unbranched alkanes of at least 4 members (excludes halogenated alkanes) is 1. The summed E-state index contributed by atoms with van der Waals surface area (Å²) < 4.78 is 93.2. The van der Waals surface area contributed by atoms with Crippen molar-refractivity contribution in [1.82, 2.24) is 0 Å². The van der Waals surface area contributed by atoms with E-state index >= 15 is 0 Å². The number of rotatable bonds is 9. The van der Waals surface area contributed by atoms with Crippen molar-refractivity contribution >= 4 is 38.3 Å². The molecular formula is C19H17F5INO4S. The Kier molecular flexibility index (Phi) is 8.25. The van der Waals surface area contributed by atoms with Crippen LogP contribution in [0, 0.1) is 15.2 Å². The van der Waals surface area contributed by atoms with Crippen molar-refractivity contribution in [3.63, 3.8) is 0 Å². The molecule has 0 unspecified atom stereocenters. The minimum atomic E-state index is -5.34. The third kappa shape index (κ3) is 6.76. The normalized spacial score (nSPS) is 12.1. The van der Waals surface area contributed by atoms with E-state index in [2.05, 4.69) is 0 Å². The van der Waals surface area contributed by atoms with Crippen LogP contribution in [0.1, 0.15) is 34.3 Å². The van der Waals surface area contributed by atoms with Crippen LogP contribution < -0.4 is 10.5 Å². The third-order valence-corrected chi connectivity index (χ3v) is 6.41. The van der Waals surface area contributed by atoms with Gasteiger partial charge in [0.1, 0.15) is 17.4 Å². The van der Waals surface area contributed by atoms with Gasteiger partial charge in [0, 0.05) is 16.1 Å². The molecule has 31 heavy (non-hydrogen) atoms. The van der Waals surface area contributed by atoms with Gasteiger partial charge in [0.25, 0.3) is 5.91 Å². The summed E-state index contributed by atoms with van der Waals surface area (Å²) in [6, 6.07) is 6.27. The van der Waals surface area contributed by atoms with Gasteiger partial charge >= 0.3 is 5.51 Å². The molecule has 170 valence electrons. The highest BCUT2D eigenvalue weighted by molar-refractivity contribution is 14.1. The zero-order chi connectivity index (χ0) is 23.4. The fraction of sp³-hybridized carbons (Fsp3) is 0.316. The number of alkyl halides is 3. The summed E-state index contributed by atoms with van der Waals surface area (Å²) in [5, 5.41) is 0. The molecule has 0 atom stereocenters. The maximum Gasteiger partial charge on any atom is 0.497 e. The molecule has 2 rings (SSSR count). The first-order chi connectivity index (χ1) is 14.3. The van der Waals surface area contributed by atoms with Crippen LogP contribution in [-0.2, 0) is 16.3 Å². The van der Waals surface area contributed by atoms with Crippen LogP contribution in [0.5, 0.6) is 5.75 Å². The molecule has 0 aliphatic rings. The zero-order valence-electron chi connectivity index (χ0n) is 15.8. The van der Waals surface area contributed by atoms with Crippen molar-refractivity contribution in [2.24, 2.45) is 5.73 Å². The van der Waals surface area contributed by atoms with Crippen LogP contribution in [0.4, 0.5) is 22.0 Å². The summed E-state index contributed by atoms with van der Waals surface area (Å²) in [6.45, 7) is -0.283. The van der Waals surface area contributed by atoms with Gasteiger partial charge in [-0.25, -0.2) is 17.2 Å². The van der Waals surface area contributed by atoms with Gasteiger partial charge in [-0.05, 0) is 64.8 Å². The molecule has 5 nitrogen and oxygen atoms in total. The average molecular weight is 577 g/mol. The fourth-order valence-electron chi connectivity index (χ4n) is 2.73. The Morgan fingerprint density at radius 1 is 1.06 bits per heavy atom. The lowest BCUT2D eigenvalue weighted by Crippen LogP contribution is -2.26. The van der Waals surface area contributed by atoms with E-state index in [0.29, 0.717) is 3.57 Å². The molecule has 1 amide bonds. The number of benzene rings is 2. The van der Waals surface area contributed by atoms with E-state index in [1.54, 1.807) is 6.07 Å². The van der Waals surface area contributed by atoms with Crippen LogP contribution in [0.25, 0.3) is 0 Å². The van der Waals surface area contributed by atoms with Gasteiger partial charge in [-0.15, -0.1) is 0 Å². The van der Waals surface area contributed by atoms with Crippen molar-refractivity contribution in [3.05, 3.63) is 62.2 Å². The smallest absolute Gasteiger partial charge is 0.493 e. The maximum absolute atomic E-state index is 14.2. The van der Waals surface area contributed by atoms with Gasteiger partial charge < -0.3 is 10.5 Å². The molecule has 0 aliphatic heterocycles. The second-order valence-corrected chi connectivity index (χ2v) is 9.88. The van der Waals surface area contributed by atoms with Gasteiger partial charge in [-0.2, -0.15) is 13.2 Å². The number of sulfone groups is 1. The van der Waals surface area contributed by atoms with Crippen molar-refractivity contribution < 1.29 is 39.9 Å². The molecule has 0 saturated carbocycles. The Bertz CT molecular complexity index is 1070. The lowest BCUT2D eigenvalue weighted by molar-refractivity contribution is -0.0436. The highest BCUT2D eigenvalue weighted by atomic mass is 127. The Balaban J connectivity index is 2.16. The highest BCUT2D eigenvalue weighted by Crippen LogP contribution is 2.28. The molecule has 0 heterocycles. The summed E-state index contributed by atoms with van der Waals surface area (Å²) in [5.74, 6) is -3.69. The first kappa shape index (κ1) is 25.3. The Labute approximate surface area is 188 Å². The van der Waals surface area contributed by atoms with Crippen LogP contribution in [0.15, 0.2) is 30.3 Å². The van der Waals surface area contributed by atoms with Crippen molar-refractivity contribution in [1.29, 1.82) is 0 Å². The molecule has 0 saturated heterocycles. The van der Waals surface area contributed by atoms with Crippen molar-refractivity contribution in [2.75, 3.05) is 12.4 Å². The fourth-order valence-corrected chi connectivity index (χ4v) is 4.00. The van der Waals surface area contributed by atoms with E-state index in [4.69, 9.17) is 10.5 Å². The number of carbonyl (C=O) groups excluding carboxylic acids is 1. The summed E-state index contributed by atoms with van der Waals surface area (Å²) in [7, 11) is -5.25. The highest BCUT2D eigenvalue weighted by Gasteiger charge is 2.44. The second-order valence-electron chi connectivity index (χ2n) is 6.53. The van der Waals surface area contributed by atoms with Crippen LogP contribution in [0.3, 0.4) is 0 Å². The molecule has 0 fully saturated rings. The van der Waals surface area contributed by atoms with Gasteiger partial charge in [0.15, 0.2) is 0 Å². The Hall–Kier alpha value is -1.96. The van der Waals surface area contributed by atoms with E-state index in [1.807, 2.05) is 22.6 Å². The standard InChI is InChI=1S/C19H17F5INO4S/c20-13-8-12(7-11-3-4-14(25)10-15(11)21)17(18(26)27)16(9-13)30-5-1-2-6-31(28,29)19(22,23)24/h3-4,8-10H,1-2,5-7H2,(H2,26,27). The molecular weight excluding hydrogens is 560 g/mol. The number of carbonyl (C=O) groups is 1. The van der Waals surface area contributed by atoms with Crippen molar-refractivity contribution in [2.45, 2.75) is 24.8 Å². The molecule has 2 aromatic carbocycles. The van der Waals surface area contributed by atoms with E-state index in [-0.39, 0.29) is 48.3 Å². The van der Waals surface area contributed by atoms with Gasteiger partial charge in [0.2, 0.25) is 9.84 Å². The van der Waals surface area contributed by atoms with Crippen LogP contribution in [-0.4, -0.2) is 32.2 Å². The average Bonchev–Trinajstić information content (AvgIpc) is 2.62. The molecule has 0 aliphatic carbocycles. The SMILES string of the molecule is NC(=O)c1c(Cc2ccc(I)cc2F)cc(F)cc1OCCCCS(=O)(=O)C(F)(F)F. The summed E-state index contributed by atoms with van der Waals surface area (Å²) >= 11 is 1.92. The van der Waals surface area contributed by atoms with Gasteiger partial charge in [-0.3, -0.25) is 4.79 Å². The number of amides is 1. The van der Waals surface area contributed by atoms with E-state index in [1.165, 1.54) is 12.1 Å². The van der Waals surface area contributed by atoms with Crippen molar-refractivity contribution in [3.8, 4) is 5.75 Å². The van der Waals surface area contributed by atoms with Gasteiger partial charge in [-0.1, -0.05) is 6.07 Å². The Morgan fingerprint density at radius 3 is 2.32 bits per heavy atom. The van der Waals surface area contributed by atoms with Gasteiger partial charge in [0.05, 0.1) is 17.9 Å². The third-order valence-electron chi connectivity index (χ3n) is 4.21. The summed E-state index contributed by atoms with van der Waals surface area (Å²) in [5.41, 5.74) is 0.109. The first-order valence-corrected chi connectivity index (χ1v) is 11.5. The van der Waals surface area contributed by atoms with Crippen LogP contribution in [0.2, 0.25) is 0 Å². The largest absolute Gasteiger partial charge is 0.497 e. The lowest BCUT2D eigenvalue weighted by Gasteiger charge is -2.15. The molecule has 0 radical (unpaired) electrons. The molecule has 0 bridgehead atoms. The molecule has 0 aromatic heterocycles. The maximum atomic E-state index is 14.2. The molecule has 0 spiro atoms. The minimum Gasteiger partial charge on any atom is -0.493 e. The lowest BCUT2D eigenvalue weighted by atomic mass is 9.98. The molecule has 12 heteroatoms. The van der Waals surface area contributed by atoms with E-state index < -0.39 is 38.6 Å². The molecule has 2 aromatic rings. The number of hydrogen-bond acceptors (Lipinski definition) is 4. The predicted molar refractivity (Wildman–Crippen MR) is 111 cm³/mol. The minimum absolute atomic E-state index is 0.0715. The quantitative estimate of drug-likeness (QED) is 0.273. The Morgan fingerprint density at radius 2 is 1.74 bits per heavy atom. The number of primary amides is 1. The van der Waals surface area contributed by atoms with E-state index in [0.717, 1.165) is 12.1 Å². The number of ether oxygens (including phenoxy) is 1. The predicted octanol–water partition coefficient (Wildman–Crippen LogP) is 4.35. The monoisotopic (exact) mass is 577 g/mol. The number of halogens is 6. The first-order valence-electron chi connectivity index (χ1n) is 8.80. The van der Waals surface area contributed by atoms with Crippen LogP contribution >= 0.6 is 22.6 Å². The number of hydrogen-bond donors (Lipinski definition) is 1.